The fraction of sp³-hybridized carbons (Fsp3) is 0.133. The standard InChI is InChI=1S/C15H13BrN2O/c1-10-6-7-13(11(16)8-10)18-9-15(19)17-12-4-2-3-5-14(12)18/h2-8H,9H2,1H3,(H,17,19). The number of halogens is 1. The number of rotatable bonds is 1. The second kappa shape index (κ2) is 4.70. The summed E-state index contributed by atoms with van der Waals surface area (Å²) in [7, 11) is 0. The van der Waals surface area contributed by atoms with E-state index in [1.54, 1.807) is 0 Å². The molecule has 1 heterocycles. The molecular weight excluding hydrogens is 304 g/mol. The van der Waals surface area contributed by atoms with Gasteiger partial charge in [-0.2, -0.15) is 0 Å². The highest BCUT2D eigenvalue weighted by molar-refractivity contribution is 9.10. The molecule has 1 aliphatic rings. The molecule has 0 fully saturated rings. The highest BCUT2D eigenvalue weighted by atomic mass is 79.9. The Hall–Kier alpha value is -1.81. The largest absolute Gasteiger partial charge is 0.329 e. The SMILES string of the molecule is Cc1ccc(N2CC(=O)Nc3ccccc32)c(Br)c1. The lowest BCUT2D eigenvalue weighted by molar-refractivity contribution is -0.115. The molecule has 2 aromatic rings. The summed E-state index contributed by atoms with van der Waals surface area (Å²) in [5, 5.41) is 2.89. The molecule has 0 aromatic heterocycles. The minimum Gasteiger partial charge on any atom is -0.329 e. The molecule has 0 radical (unpaired) electrons. The summed E-state index contributed by atoms with van der Waals surface area (Å²) in [5.74, 6) is 0.00572. The Kier molecular flexibility index (Phi) is 3.03. The molecular formula is C15H13BrN2O. The third-order valence-corrected chi connectivity index (χ3v) is 3.80. The normalized spacial score (nSPS) is 14.0. The zero-order valence-corrected chi connectivity index (χ0v) is 12.1. The molecule has 0 bridgehead atoms. The van der Waals surface area contributed by atoms with E-state index < -0.39 is 0 Å². The van der Waals surface area contributed by atoms with Crippen LogP contribution in [0.4, 0.5) is 17.1 Å². The molecule has 0 saturated carbocycles. The Morgan fingerprint density at radius 1 is 1.16 bits per heavy atom. The van der Waals surface area contributed by atoms with Gasteiger partial charge >= 0.3 is 0 Å². The number of hydrogen-bond acceptors (Lipinski definition) is 2. The topological polar surface area (TPSA) is 32.3 Å². The maximum atomic E-state index is 11.8. The van der Waals surface area contributed by atoms with Crippen LogP contribution in [0.15, 0.2) is 46.9 Å². The van der Waals surface area contributed by atoms with Crippen LogP contribution in [0.2, 0.25) is 0 Å². The summed E-state index contributed by atoms with van der Waals surface area (Å²) in [6.45, 7) is 2.38. The quantitative estimate of drug-likeness (QED) is 0.866. The molecule has 1 N–H and O–H groups in total. The maximum Gasteiger partial charge on any atom is 0.244 e. The third-order valence-electron chi connectivity index (χ3n) is 3.16. The predicted octanol–water partition coefficient (Wildman–Crippen LogP) is 3.85. The lowest BCUT2D eigenvalue weighted by Crippen LogP contribution is -2.35. The Labute approximate surface area is 120 Å². The molecule has 2 aromatic carbocycles. The van der Waals surface area contributed by atoms with Crippen molar-refractivity contribution in [3.05, 3.63) is 52.5 Å². The first-order valence-corrected chi connectivity index (χ1v) is 6.87. The first-order valence-electron chi connectivity index (χ1n) is 6.08. The predicted molar refractivity (Wildman–Crippen MR) is 81.0 cm³/mol. The summed E-state index contributed by atoms with van der Waals surface area (Å²) in [4.78, 5) is 13.8. The van der Waals surface area contributed by atoms with E-state index in [4.69, 9.17) is 0 Å². The smallest absolute Gasteiger partial charge is 0.244 e. The highest BCUT2D eigenvalue weighted by Gasteiger charge is 2.23. The van der Waals surface area contributed by atoms with Crippen LogP contribution in [0.3, 0.4) is 0 Å². The first-order chi connectivity index (χ1) is 9.15. The van der Waals surface area contributed by atoms with E-state index in [0.29, 0.717) is 6.54 Å². The zero-order chi connectivity index (χ0) is 13.4. The van der Waals surface area contributed by atoms with Gasteiger partial charge in [0, 0.05) is 4.47 Å². The van der Waals surface area contributed by atoms with Gasteiger partial charge in [0.15, 0.2) is 0 Å². The number of para-hydroxylation sites is 2. The van der Waals surface area contributed by atoms with Crippen LogP contribution < -0.4 is 10.2 Å². The average molecular weight is 317 g/mol. The molecule has 19 heavy (non-hydrogen) atoms. The Morgan fingerprint density at radius 2 is 1.95 bits per heavy atom. The molecule has 3 rings (SSSR count). The Morgan fingerprint density at radius 3 is 2.74 bits per heavy atom. The van der Waals surface area contributed by atoms with Crippen LogP contribution >= 0.6 is 15.9 Å². The number of anilines is 3. The van der Waals surface area contributed by atoms with E-state index in [9.17, 15) is 4.79 Å². The Balaban J connectivity index is 2.12. The zero-order valence-electron chi connectivity index (χ0n) is 10.5. The molecule has 0 spiro atoms. The number of nitrogens with zero attached hydrogens (tertiary/aromatic N) is 1. The number of carbonyl (C=O) groups excluding carboxylic acids is 1. The second-order valence-corrected chi connectivity index (χ2v) is 5.46. The third kappa shape index (κ3) is 2.24. The van der Waals surface area contributed by atoms with Crippen molar-refractivity contribution < 1.29 is 4.79 Å². The van der Waals surface area contributed by atoms with Crippen LogP contribution in [0.1, 0.15) is 5.56 Å². The molecule has 0 saturated heterocycles. The fourth-order valence-corrected chi connectivity index (χ4v) is 2.99. The lowest BCUT2D eigenvalue weighted by Gasteiger charge is -2.31. The van der Waals surface area contributed by atoms with Gasteiger partial charge in [0.25, 0.3) is 0 Å². The average Bonchev–Trinajstić information content (AvgIpc) is 2.38. The molecule has 4 heteroatoms. The van der Waals surface area contributed by atoms with E-state index in [1.165, 1.54) is 5.56 Å². The monoisotopic (exact) mass is 316 g/mol. The summed E-state index contributed by atoms with van der Waals surface area (Å²) in [5.41, 5.74) is 4.07. The second-order valence-electron chi connectivity index (χ2n) is 4.61. The number of aryl methyl sites for hydroxylation is 1. The van der Waals surface area contributed by atoms with Crippen molar-refractivity contribution in [1.82, 2.24) is 0 Å². The van der Waals surface area contributed by atoms with Gasteiger partial charge in [0.1, 0.15) is 6.54 Å². The Bertz CT molecular complexity index is 654. The fourth-order valence-electron chi connectivity index (χ4n) is 2.28. The number of amides is 1. The van der Waals surface area contributed by atoms with Gasteiger partial charge in [0.2, 0.25) is 5.91 Å². The number of nitrogens with one attached hydrogen (secondary N) is 1. The number of carbonyl (C=O) groups is 1. The lowest BCUT2D eigenvalue weighted by atomic mass is 10.1. The number of benzene rings is 2. The molecule has 1 aliphatic heterocycles. The van der Waals surface area contributed by atoms with Crippen LogP contribution in [-0.2, 0) is 4.79 Å². The summed E-state index contributed by atoms with van der Waals surface area (Å²) in [6.07, 6.45) is 0. The minimum atomic E-state index is 0.00572. The van der Waals surface area contributed by atoms with E-state index >= 15 is 0 Å². The van der Waals surface area contributed by atoms with Gasteiger partial charge in [-0.25, -0.2) is 0 Å². The highest BCUT2D eigenvalue weighted by Crippen LogP contribution is 2.38. The molecule has 1 amide bonds. The van der Waals surface area contributed by atoms with Crippen molar-refractivity contribution in [2.75, 3.05) is 16.8 Å². The van der Waals surface area contributed by atoms with Gasteiger partial charge in [-0.1, -0.05) is 18.2 Å². The summed E-state index contributed by atoms with van der Waals surface area (Å²) >= 11 is 3.58. The molecule has 3 nitrogen and oxygen atoms in total. The van der Waals surface area contributed by atoms with Crippen molar-refractivity contribution in [2.24, 2.45) is 0 Å². The maximum absolute atomic E-state index is 11.8. The molecule has 0 aliphatic carbocycles. The van der Waals surface area contributed by atoms with Gasteiger partial charge in [-0.05, 0) is 52.7 Å². The molecule has 0 atom stereocenters. The van der Waals surface area contributed by atoms with Crippen LogP contribution in [-0.4, -0.2) is 12.5 Å². The van der Waals surface area contributed by atoms with Crippen LogP contribution in [0, 0.1) is 6.92 Å². The van der Waals surface area contributed by atoms with Crippen molar-refractivity contribution in [1.29, 1.82) is 0 Å². The van der Waals surface area contributed by atoms with E-state index in [-0.39, 0.29) is 5.91 Å². The summed E-state index contributed by atoms with van der Waals surface area (Å²) in [6, 6.07) is 14.0. The number of fused-ring (bicyclic) bond motifs is 1. The molecule has 0 unspecified atom stereocenters. The van der Waals surface area contributed by atoms with Gasteiger partial charge < -0.3 is 10.2 Å². The van der Waals surface area contributed by atoms with Crippen molar-refractivity contribution in [3.8, 4) is 0 Å². The van der Waals surface area contributed by atoms with Gasteiger partial charge in [-0.3, -0.25) is 4.79 Å². The van der Waals surface area contributed by atoms with E-state index in [2.05, 4.69) is 33.4 Å². The minimum absolute atomic E-state index is 0.00572. The van der Waals surface area contributed by atoms with E-state index in [0.717, 1.165) is 21.5 Å². The van der Waals surface area contributed by atoms with Crippen LogP contribution in [0.25, 0.3) is 0 Å². The van der Waals surface area contributed by atoms with Crippen molar-refractivity contribution >= 4 is 38.9 Å². The first kappa shape index (κ1) is 12.2. The van der Waals surface area contributed by atoms with Crippen molar-refractivity contribution in [2.45, 2.75) is 6.92 Å². The van der Waals surface area contributed by atoms with Gasteiger partial charge in [0.05, 0.1) is 17.1 Å². The number of hydrogen-bond donors (Lipinski definition) is 1. The molecule has 96 valence electrons. The van der Waals surface area contributed by atoms with Crippen LogP contribution in [0.5, 0.6) is 0 Å². The van der Waals surface area contributed by atoms with Gasteiger partial charge in [-0.15, -0.1) is 0 Å². The van der Waals surface area contributed by atoms with E-state index in [1.807, 2.05) is 42.2 Å². The van der Waals surface area contributed by atoms with Crippen molar-refractivity contribution in [3.63, 3.8) is 0 Å². The summed E-state index contributed by atoms with van der Waals surface area (Å²) < 4.78 is 0.997.